The summed E-state index contributed by atoms with van der Waals surface area (Å²) >= 11 is 1.61. The molecule has 2 atom stereocenters. The third kappa shape index (κ3) is 5.35. The first kappa shape index (κ1) is 18.0. The van der Waals surface area contributed by atoms with Crippen molar-refractivity contribution in [3.8, 4) is 0 Å². The summed E-state index contributed by atoms with van der Waals surface area (Å²) in [6.45, 7) is 2.97. The molecular weight excluding hydrogens is 320 g/mol. The van der Waals surface area contributed by atoms with Crippen molar-refractivity contribution in [1.29, 1.82) is 0 Å². The number of aliphatic hydroxyl groups excluding tert-OH is 1. The van der Waals surface area contributed by atoms with Crippen molar-refractivity contribution in [2.24, 2.45) is 0 Å². The maximum Gasteiger partial charge on any atom is 0.159 e. The highest BCUT2D eigenvalue weighted by atomic mass is 32.1. The Balaban J connectivity index is 1.79. The maximum absolute atomic E-state index is 13.3. The smallest absolute Gasteiger partial charge is 0.159 e. The Morgan fingerprint density at radius 3 is 2.70 bits per heavy atom. The van der Waals surface area contributed by atoms with Crippen LogP contribution in [0.15, 0.2) is 35.7 Å². The summed E-state index contributed by atoms with van der Waals surface area (Å²) in [5.41, 5.74) is 0.665. The molecule has 2 rings (SSSR count). The number of hydrogen-bond donors (Lipinski definition) is 1. The van der Waals surface area contributed by atoms with E-state index in [1.807, 2.05) is 36.4 Å². The molecule has 0 radical (unpaired) electrons. The molecule has 0 saturated carbocycles. The Morgan fingerprint density at radius 1 is 1.26 bits per heavy atom. The standard InChI is InChI=1S/C17H21F2NO2S/c1-12(13-5-6-16(18)17(19)8-13)20(2)9-14(21)10-22-11-15-4-3-7-23-15/h3-8,12,14,21H,9-11H2,1-2H3. The molecule has 0 amide bonds. The molecule has 0 aliphatic rings. The molecule has 0 spiro atoms. The van der Waals surface area contributed by atoms with Gasteiger partial charge in [-0.05, 0) is 43.1 Å². The summed E-state index contributed by atoms with van der Waals surface area (Å²) in [5, 5.41) is 12.0. The second-order valence-corrected chi connectivity index (χ2v) is 6.57. The van der Waals surface area contributed by atoms with Crippen molar-refractivity contribution in [2.75, 3.05) is 20.2 Å². The van der Waals surface area contributed by atoms with Gasteiger partial charge in [-0.2, -0.15) is 0 Å². The normalized spacial score (nSPS) is 14.2. The number of likely N-dealkylation sites (N-methyl/N-ethyl adjacent to an activating group) is 1. The average Bonchev–Trinajstić information content (AvgIpc) is 3.02. The minimum Gasteiger partial charge on any atom is -0.389 e. The van der Waals surface area contributed by atoms with Gasteiger partial charge in [0.25, 0.3) is 0 Å². The molecule has 2 unspecified atom stereocenters. The second kappa shape index (κ2) is 8.49. The first-order valence-electron chi connectivity index (χ1n) is 7.40. The predicted molar refractivity (Wildman–Crippen MR) is 87.4 cm³/mol. The van der Waals surface area contributed by atoms with E-state index in [1.54, 1.807) is 17.4 Å². The van der Waals surface area contributed by atoms with Crippen molar-refractivity contribution < 1.29 is 18.6 Å². The fourth-order valence-corrected chi connectivity index (χ4v) is 2.90. The Kier molecular flexibility index (Phi) is 6.65. The van der Waals surface area contributed by atoms with Crippen LogP contribution in [0.25, 0.3) is 0 Å². The van der Waals surface area contributed by atoms with Crippen LogP contribution in [-0.2, 0) is 11.3 Å². The Morgan fingerprint density at radius 2 is 2.04 bits per heavy atom. The Bertz CT molecular complexity index is 607. The summed E-state index contributed by atoms with van der Waals surface area (Å²) in [6.07, 6.45) is -0.646. The van der Waals surface area contributed by atoms with Crippen LogP contribution < -0.4 is 0 Å². The van der Waals surface area contributed by atoms with Crippen LogP contribution in [0.2, 0.25) is 0 Å². The van der Waals surface area contributed by atoms with Crippen LogP contribution in [0.1, 0.15) is 23.4 Å². The zero-order chi connectivity index (χ0) is 16.8. The molecule has 1 heterocycles. The Labute approximate surface area is 139 Å². The summed E-state index contributed by atoms with van der Waals surface area (Å²) in [6, 6.07) is 7.66. The topological polar surface area (TPSA) is 32.7 Å². The van der Waals surface area contributed by atoms with E-state index in [2.05, 4.69) is 0 Å². The lowest BCUT2D eigenvalue weighted by atomic mass is 10.1. The minimum absolute atomic E-state index is 0.142. The van der Waals surface area contributed by atoms with E-state index >= 15 is 0 Å². The molecule has 0 bridgehead atoms. The van der Waals surface area contributed by atoms with Gasteiger partial charge in [0.05, 0.1) is 19.3 Å². The lowest BCUT2D eigenvalue weighted by Gasteiger charge is -2.27. The number of ether oxygens (including phenoxy) is 1. The molecule has 6 heteroatoms. The second-order valence-electron chi connectivity index (χ2n) is 5.54. The van der Waals surface area contributed by atoms with Crippen molar-refractivity contribution in [2.45, 2.75) is 25.7 Å². The van der Waals surface area contributed by atoms with Crippen molar-refractivity contribution in [1.82, 2.24) is 4.90 Å². The van der Waals surface area contributed by atoms with Crippen LogP contribution in [0, 0.1) is 11.6 Å². The highest BCUT2D eigenvalue weighted by molar-refractivity contribution is 7.09. The lowest BCUT2D eigenvalue weighted by Crippen LogP contribution is -2.34. The molecular formula is C17H21F2NO2S. The SMILES string of the molecule is CC(c1ccc(F)c(F)c1)N(C)CC(O)COCc1cccs1. The highest BCUT2D eigenvalue weighted by Gasteiger charge is 2.17. The predicted octanol–water partition coefficient (Wildman–Crippen LogP) is 3.60. The number of nitrogens with zero attached hydrogens (tertiary/aromatic N) is 1. The largest absolute Gasteiger partial charge is 0.389 e. The van der Waals surface area contributed by atoms with E-state index < -0.39 is 17.7 Å². The number of aliphatic hydroxyl groups is 1. The Hall–Kier alpha value is -1.34. The van der Waals surface area contributed by atoms with Gasteiger partial charge in [0, 0.05) is 17.5 Å². The summed E-state index contributed by atoms with van der Waals surface area (Å²) in [7, 11) is 1.83. The molecule has 126 valence electrons. The van der Waals surface area contributed by atoms with Gasteiger partial charge >= 0.3 is 0 Å². The monoisotopic (exact) mass is 341 g/mol. The quantitative estimate of drug-likeness (QED) is 0.796. The van der Waals surface area contributed by atoms with E-state index in [9.17, 15) is 13.9 Å². The van der Waals surface area contributed by atoms with Crippen LogP contribution in [0.4, 0.5) is 8.78 Å². The number of halogens is 2. The minimum atomic E-state index is -0.859. The van der Waals surface area contributed by atoms with E-state index in [-0.39, 0.29) is 12.6 Å². The zero-order valence-electron chi connectivity index (χ0n) is 13.2. The van der Waals surface area contributed by atoms with E-state index in [0.29, 0.717) is 18.7 Å². The van der Waals surface area contributed by atoms with E-state index in [0.717, 1.165) is 10.9 Å². The van der Waals surface area contributed by atoms with Gasteiger partial charge in [0.2, 0.25) is 0 Å². The number of rotatable bonds is 8. The van der Waals surface area contributed by atoms with Gasteiger partial charge in [-0.1, -0.05) is 12.1 Å². The van der Waals surface area contributed by atoms with Gasteiger partial charge in [0.1, 0.15) is 0 Å². The fourth-order valence-electron chi connectivity index (χ4n) is 2.26. The van der Waals surface area contributed by atoms with Crippen molar-refractivity contribution >= 4 is 11.3 Å². The summed E-state index contributed by atoms with van der Waals surface area (Å²) in [5.74, 6) is -1.71. The first-order chi connectivity index (χ1) is 11.0. The van der Waals surface area contributed by atoms with Gasteiger partial charge in [-0.15, -0.1) is 11.3 Å². The van der Waals surface area contributed by atoms with Gasteiger partial charge in [0.15, 0.2) is 11.6 Å². The van der Waals surface area contributed by atoms with Crippen molar-refractivity contribution in [3.05, 3.63) is 57.8 Å². The van der Waals surface area contributed by atoms with Gasteiger partial charge in [-0.25, -0.2) is 8.78 Å². The number of thiophene rings is 1. The molecule has 23 heavy (non-hydrogen) atoms. The zero-order valence-corrected chi connectivity index (χ0v) is 14.0. The van der Waals surface area contributed by atoms with Crippen LogP contribution in [0.5, 0.6) is 0 Å². The molecule has 0 saturated heterocycles. The van der Waals surface area contributed by atoms with Crippen LogP contribution in [-0.4, -0.2) is 36.3 Å². The third-order valence-corrected chi connectivity index (χ3v) is 4.57. The number of hydrogen-bond acceptors (Lipinski definition) is 4. The molecule has 3 nitrogen and oxygen atoms in total. The maximum atomic E-state index is 13.3. The van der Waals surface area contributed by atoms with Gasteiger partial charge in [-0.3, -0.25) is 4.90 Å². The first-order valence-corrected chi connectivity index (χ1v) is 8.28. The molecule has 1 N–H and O–H groups in total. The molecule has 1 aromatic carbocycles. The fraction of sp³-hybridized carbons (Fsp3) is 0.412. The third-order valence-electron chi connectivity index (χ3n) is 3.72. The van der Waals surface area contributed by atoms with E-state index in [4.69, 9.17) is 4.74 Å². The summed E-state index contributed by atoms with van der Waals surface area (Å²) in [4.78, 5) is 2.99. The molecule has 0 aliphatic carbocycles. The summed E-state index contributed by atoms with van der Waals surface area (Å²) < 4.78 is 31.8. The number of benzene rings is 1. The average molecular weight is 341 g/mol. The van der Waals surface area contributed by atoms with Crippen LogP contribution in [0.3, 0.4) is 0 Å². The van der Waals surface area contributed by atoms with Crippen molar-refractivity contribution in [3.63, 3.8) is 0 Å². The van der Waals surface area contributed by atoms with Gasteiger partial charge < -0.3 is 9.84 Å². The molecule has 0 aliphatic heterocycles. The molecule has 0 fully saturated rings. The van der Waals surface area contributed by atoms with Crippen LogP contribution >= 0.6 is 11.3 Å². The highest BCUT2D eigenvalue weighted by Crippen LogP contribution is 2.21. The van der Waals surface area contributed by atoms with E-state index in [1.165, 1.54) is 6.07 Å². The lowest BCUT2D eigenvalue weighted by molar-refractivity contribution is 0.00928. The molecule has 1 aromatic heterocycles. The molecule has 2 aromatic rings.